The molecule has 3 heterocycles. The SMILES string of the molecule is C=C1[C@@H]2C[C@@H](O)[C@@H]3[C@](C2)(C(=O)O[C@H]2CC[C@]4(C)[C@H]5[C@H](OC[C@@]253)O[C@@H]4O)[C@@H]1O. The Morgan fingerprint density at radius 2 is 2.00 bits per heavy atom. The highest BCUT2D eigenvalue weighted by Crippen LogP contribution is 2.74. The van der Waals surface area contributed by atoms with Gasteiger partial charge in [0, 0.05) is 22.7 Å². The molecule has 3 N–H and O–H groups in total. The number of rotatable bonds is 0. The Morgan fingerprint density at radius 1 is 1.22 bits per heavy atom. The fourth-order valence-electron chi connectivity index (χ4n) is 7.99. The van der Waals surface area contributed by atoms with Gasteiger partial charge in [-0.1, -0.05) is 13.5 Å². The zero-order valence-electron chi connectivity index (χ0n) is 15.3. The van der Waals surface area contributed by atoms with Crippen molar-refractivity contribution < 1.29 is 34.3 Å². The third-order valence-corrected chi connectivity index (χ3v) is 9.05. The van der Waals surface area contributed by atoms with Crippen molar-refractivity contribution in [3.05, 3.63) is 12.2 Å². The van der Waals surface area contributed by atoms with Crippen molar-refractivity contribution in [2.75, 3.05) is 6.61 Å². The van der Waals surface area contributed by atoms with Gasteiger partial charge >= 0.3 is 5.97 Å². The highest BCUT2D eigenvalue weighted by atomic mass is 16.7. The average molecular weight is 378 g/mol. The van der Waals surface area contributed by atoms with Crippen LogP contribution in [-0.2, 0) is 19.0 Å². The molecule has 27 heavy (non-hydrogen) atoms. The minimum absolute atomic E-state index is 0.0785. The number of carbonyl (C=O) groups excluding carboxylic acids is 1. The molecule has 0 amide bonds. The summed E-state index contributed by atoms with van der Waals surface area (Å²) in [5.41, 5.74) is -1.75. The molecule has 0 aromatic heterocycles. The molecule has 6 fully saturated rings. The Bertz CT molecular complexity index is 753. The summed E-state index contributed by atoms with van der Waals surface area (Å²) in [6.45, 7) is 6.32. The highest BCUT2D eigenvalue weighted by molar-refractivity contribution is 5.82. The molecule has 3 saturated carbocycles. The molecule has 3 aliphatic heterocycles. The summed E-state index contributed by atoms with van der Waals surface area (Å²) >= 11 is 0. The number of ether oxygens (including phenoxy) is 3. The predicted octanol–water partition coefficient (Wildman–Crippen LogP) is 0.324. The number of aliphatic hydroxyl groups is 3. The second kappa shape index (κ2) is 4.76. The standard InChI is InChI=1S/C20H26O7/c1-8-9-5-10(21)12-19(6-9,14(8)22)17(24)26-11-3-4-18(2)13-15(27-16(18)23)25-7-20(11,12)13/h9-16,21-23H,1,3-7H2,2H3/t9-,10-,11+,12-,13-,14-,15-,16+,18-,19+,20+/m1/s1. The first-order valence-electron chi connectivity index (χ1n) is 9.98. The van der Waals surface area contributed by atoms with Gasteiger partial charge in [0.1, 0.15) is 11.5 Å². The molecule has 7 nitrogen and oxygen atoms in total. The van der Waals surface area contributed by atoms with E-state index in [2.05, 4.69) is 6.58 Å². The quantitative estimate of drug-likeness (QED) is 0.412. The summed E-state index contributed by atoms with van der Waals surface area (Å²) in [5, 5.41) is 32.9. The first kappa shape index (κ1) is 16.9. The molecular formula is C20H26O7. The van der Waals surface area contributed by atoms with Gasteiger partial charge in [0.25, 0.3) is 0 Å². The second-order valence-electron chi connectivity index (χ2n) is 9.90. The number of aliphatic hydroxyl groups excluding tert-OH is 3. The smallest absolute Gasteiger partial charge is 0.315 e. The normalized spacial score (nSPS) is 63.4. The van der Waals surface area contributed by atoms with Gasteiger partial charge in [0.05, 0.1) is 18.8 Å². The minimum atomic E-state index is -1.18. The maximum Gasteiger partial charge on any atom is 0.315 e. The van der Waals surface area contributed by atoms with Crippen molar-refractivity contribution in [1.82, 2.24) is 0 Å². The maximum atomic E-state index is 13.2. The van der Waals surface area contributed by atoms with Gasteiger partial charge in [0.15, 0.2) is 12.6 Å². The molecule has 2 bridgehead atoms. The zero-order chi connectivity index (χ0) is 18.9. The zero-order valence-corrected chi connectivity index (χ0v) is 15.3. The van der Waals surface area contributed by atoms with E-state index < -0.39 is 59.0 Å². The van der Waals surface area contributed by atoms with Crippen LogP contribution < -0.4 is 0 Å². The van der Waals surface area contributed by atoms with Gasteiger partial charge in [-0.15, -0.1) is 0 Å². The van der Waals surface area contributed by atoms with Crippen molar-refractivity contribution in [1.29, 1.82) is 0 Å². The summed E-state index contributed by atoms with van der Waals surface area (Å²) in [7, 11) is 0. The van der Waals surface area contributed by atoms with Gasteiger partial charge in [-0.2, -0.15) is 0 Å². The Labute approximate surface area is 157 Å². The summed E-state index contributed by atoms with van der Waals surface area (Å²) in [4.78, 5) is 13.2. The average Bonchev–Trinajstić information content (AvgIpc) is 3.19. The van der Waals surface area contributed by atoms with E-state index in [0.717, 1.165) is 0 Å². The molecule has 0 unspecified atom stereocenters. The van der Waals surface area contributed by atoms with E-state index >= 15 is 0 Å². The third kappa shape index (κ3) is 1.56. The van der Waals surface area contributed by atoms with Crippen LogP contribution in [0.2, 0.25) is 0 Å². The lowest BCUT2D eigenvalue weighted by Crippen LogP contribution is -2.71. The molecule has 148 valence electrons. The van der Waals surface area contributed by atoms with E-state index in [9.17, 15) is 20.1 Å². The van der Waals surface area contributed by atoms with Crippen LogP contribution >= 0.6 is 0 Å². The number of carbonyl (C=O) groups is 1. The molecule has 11 atom stereocenters. The summed E-state index contributed by atoms with van der Waals surface area (Å²) in [6, 6.07) is 0. The van der Waals surface area contributed by atoms with E-state index in [1.807, 2.05) is 6.92 Å². The third-order valence-electron chi connectivity index (χ3n) is 9.05. The van der Waals surface area contributed by atoms with Crippen molar-refractivity contribution >= 4 is 5.97 Å². The van der Waals surface area contributed by atoms with Crippen molar-refractivity contribution in [3.63, 3.8) is 0 Å². The number of fused-ring (bicyclic) bond motifs is 1. The highest BCUT2D eigenvalue weighted by Gasteiger charge is 2.81. The number of hydrogen-bond acceptors (Lipinski definition) is 7. The molecule has 0 radical (unpaired) electrons. The van der Waals surface area contributed by atoms with Crippen LogP contribution in [-0.4, -0.2) is 58.8 Å². The van der Waals surface area contributed by atoms with E-state index in [-0.39, 0.29) is 11.8 Å². The fraction of sp³-hybridized carbons (Fsp3) is 0.850. The summed E-state index contributed by atoms with van der Waals surface area (Å²) < 4.78 is 17.7. The van der Waals surface area contributed by atoms with Crippen LogP contribution in [0.25, 0.3) is 0 Å². The molecule has 6 aliphatic rings. The van der Waals surface area contributed by atoms with Crippen LogP contribution in [0, 0.1) is 34.0 Å². The van der Waals surface area contributed by atoms with E-state index in [1.54, 1.807) is 0 Å². The lowest BCUT2D eigenvalue weighted by Gasteiger charge is -2.62. The monoisotopic (exact) mass is 378 g/mol. The topological polar surface area (TPSA) is 105 Å². The van der Waals surface area contributed by atoms with Crippen molar-refractivity contribution in [2.24, 2.45) is 34.0 Å². The fourth-order valence-corrected chi connectivity index (χ4v) is 7.99. The largest absolute Gasteiger partial charge is 0.461 e. The Hall–Kier alpha value is -0.990. The van der Waals surface area contributed by atoms with Gasteiger partial charge < -0.3 is 29.5 Å². The van der Waals surface area contributed by atoms with Crippen LogP contribution in [0.4, 0.5) is 0 Å². The number of esters is 1. The molecule has 7 heteroatoms. The van der Waals surface area contributed by atoms with Crippen molar-refractivity contribution in [2.45, 2.75) is 63.5 Å². The molecule has 0 aromatic rings. The first-order valence-corrected chi connectivity index (χ1v) is 9.98. The van der Waals surface area contributed by atoms with E-state index in [0.29, 0.717) is 37.9 Å². The van der Waals surface area contributed by atoms with Crippen molar-refractivity contribution in [3.8, 4) is 0 Å². The van der Waals surface area contributed by atoms with Crippen LogP contribution in [0.15, 0.2) is 12.2 Å². The Morgan fingerprint density at radius 3 is 2.78 bits per heavy atom. The number of hydrogen-bond donors (Lipinski definition) is 3. The summed E-state index contributed by atoms with van der Waals surface area (Å²) in [6.07, 6.45) is -1.50. The molecule has 2 spiro atoms. The maximum absolute atomic E-state index is 13.2. The van der Waals surface area contributed by atoms with Gasteiger partial charge in [-0.05, 0) is 37.2 Å². The Kier molecular flexibility index (Phi) is 2.99. The lowest BCUT2D eigenvalue weighted by molar-refractivity contribution is -0.268. The molecule has 3 saturated heterocycles. The van der Waals surface area contributed by atoms with Gasteiger partial charge in [0.2, 0.25) is 0 Å². The molecule has 3 aliphatic carbocycles. The molecule has 0 aromatic carbocycles. The predicted molar refractivity (Wildman–Crippen MR) is 89.8 cm³/mol. The molecular weight excluding hydrogens is 352 g/mol. The minimum Gasteiger partial charge on any atom is -0.461 e. The van der Waals surface area contributed by atoms with Crippen LogP contribution in [0.5, 0.6) is 0 Å². The lowest BCUT2D eigenvalue weighted by atomic mass is 9.43. The van der Waals surface area contributed by atoms with E-state index in [4.69, 9.17) is 14.2 Å². The summed E-state index contributed by atoms with van der Waals surface area (Å²) in [5.74, 6) is -1.18. The van der Waals surface area contributed by atoms with Crippen LogP contribution in [0.1, 0.15) is 32.6 Å². The first-order chi connectivity index (χ1) is 12.8. The van der Waals surface area contributed by atoms with Gasteiger partial charge in [-0.3, -0.25) is 4.79 Å². The van der Waals surface area contributed by atoms with Gasteiger partial charge in [-0.25, -0.2) is 0 Å². The second-order valence-corrected chi connectivity index (χ2v) is 9.90. The molecule has 6 rings (SSSR count). The Balaban J connectivity index is 1.58. The van der Waals surface area contributed by atoms with E-state index in [1.165, 1.54) is 0 Å². The van der Waals surface area contributed by atoms with Crippen LogP contribution in [0.3, 0.4) is 0 Å².